The van der Waals surface area contributed by atoms with Crippen molar-refractivity contribution in [1.29, 1.82) is 0 Å². The van der Waals surface area contributed by atoms with Crippen LogP contribution in [0.15, 0.2) is 72.9 Å². The fourth-order valence-electron chi connectivity index (χ4n) is 3.33. The van der Waals surface area contributed by atoms with Crippen molar-refractivity contribution in [2.75, 3.05) is 6.61 Å². The van der Waals surface area contributed by atoms with Crippen LogP contribution < -0.4 is 11.1 Å². The van der Waals surface area contributed by atoms with Gasteiger partial charge in [-0.15, -0.1) is 5.71 Å². The quantitative estimate of drug-likeness (QED) is 0.435. The Kier molecular flexibility index (Phi) is 7.99. The van der Waals surface area contributed by atoms with Gasteiger partial charge in [-0.3, -0.25) is 9.78 Å². The summed E-state index contributed by atoms with van der Waals surface area (Å²) in [6.45, 7) is -0.165. The van der Waals surface area contributed by atoms with Crippen LogP contribution in [0.1, 0.15) is 33.6 Å². The number of nitrogens with two attached hydrogens (primary N) is 1. The first-order valence-corrected chi connectivity index (χ1v) is 10.3. The number of nitrogens with zero attached hydrogens (tertiary/aromatic N) is 2. The number of aromatic nitrogens is 1. The number of nitrogens with one attached hydrogen (secondary N) is 1. The van der Waals surface area contributed by atoms with Crippen LogP contribution in [0.5, 0.6) is 0 Å². The Bertz CT molecular complexity index is 1150. The summed E-state index contributed by atoms with van der Waals surface area (Å²) in [4.78, 5) is 17.2. The molecule has 1 heterocycles. The highest BCUT2D eigenvalue weighted by molar-refractivity contribution is 6.19. The molecule has 0 radical (unpaired) electrons. The van der Waals surface area contributed by atoms with Crippen LogP contribution in [0.25, 0.3) is 11.1 Å². The first-order valence-electron chi connectivity index (χ1n) is 10.3. The van der Waals surface area contributed by atoms with Gasteiger partial charge in [0.15, 0.2) is 0 Å². The molecular formula is C25H23F2N4O2-. The second-order valence-electron chi connectivity index (χ2n) is 7.36. The Hall–Kier alpha value is -3.91. The third-order valence-electron chi connectivity index (χ3n) is 4.98. The van der Waals surface area contributed by atoms with Crippen molar-refractivity contribution in [3.8, 4) is 0 Å². The molecule has 3 aromatic rings. The molecule has 0 aliphatic rings. The van der Waals surface area contributed by atoms with Crippen LogP contribution >= 0.6 is 0 Å². The maximum atomic E-state index is 14.7. The monoisotopic (exact) mass is 449 g/mol. The number of aliphatic hydroxyl groups is 1. The van der Waals surface area contributed by atoms with Gasteiger partial charge in [0, 0.05) is 47.8 Å². The van der Waals surface area contributed by atoms with Crippen molar-refractivity contribution < 1.29 is 18.7 Å². The number of rotatable bonds is 9. The molecule has 0 bridgehead atoms. The summed E-state index contributed by atoms with van der Waals surface area (Å²) in [7, 11) is 0. The summed E-state index contributed by atoms with van der Waals surface area (Å²) >= 11 is 0. The smallest absolute Gasteiger partial charge is 0.252 e. The molecule has 6 nitrogen and oxygen atoms in total. The number of aliphatic hydroxyl groups excluding tert-OH is 1. The summed E-state index contributed by atoms with van der Waals surface area (Å²) < 4.78 is 27.8. The number of halogens is 2. The van der Waals surface area contributed by atoms with Crippen molar-refractivity contribution in [2.45, 2.75) is 18.9 Å². The van der Waals surface area contributed by atoms with Gasteiger partial charge in [0.2, 0.25) is 0 Å². The van der Waals surface area contributed by atoms with Crippen molar-refractivity contribution in [3.63, 3.8) is 0 Å². The lowest BCUT2D eigenvalue weighted by Gasteiger charge is -2.20. The number of carbonyl (C=O) groups excluding carboxylic acids is 1. The van der Waals surface area contributed by atoms with Crippen LogP contribution in [0.4, 0.5) is 8.78 Å². The lowest BCUT2D eigenvalue weighted by atomic mass is 9.98. The van der Waals surface area contributed by atoms with Gasteiger partial charge in [0.1, 0.15) is 11.6 Å². The van der Waals surface area contributed by atoms with Gasteiger partial charge in [-0.2, -0.15) is 0 Å². The number of pyridine rings is 1. The molecule has 0 aliphatic heterocycles. The van der Waals surface area contributed by atoms with E-state index in [-0.39, 0.29) is 29.9 Å². The highest BCUT2D eigenvalue weighted by Crippen LogP contribution is 2.19. The maximum Gasteiger partial charge on any atom is 0.252 e. The molecule has 0 saturated carbocycles. The molecule has 1 amide bonds. The first kappa shape index (κ1) is 23.7. The minimum absolute atomic E-state index is 0.0652. The average molecular weight is 449 g/mol. The summed E-state index contributed by atoms with van der Waals surface area (Å²) in [6.07, 6.45) is 3.37. The van der Waals surface area contributed by atoms with E-state index in [1.165, 1.54) is 36.4 Å². The molecule has 8 heteroatoms. The van der Waals surface area contributed by atoms with E-state index in [2.05, 4.69) is 10.3 Å². The third kappa shape index (κ3) is 6.30. The molecular weight excluding hydrogens is 426 g/mol. The Morgan fingerprint density at radius 3 is 2.55 bits per heavy atom. The van der Waals surface area contributed by atoms with Crippen molar-refractivity contribution in [1.82, 2.24) is 10.3 Å². The van der Waals surface area contributed by atoms with Crippen LogP contribution in [-0.2, 0) is 6.42 Å². The van der Waals surface area contributed by atoms with Crippen molar-refractivity contribution in [2.24, 2.45) is 5.73 Å². The Balaban J connectivity index is 1.85. The number of carbonyl (C=O) groups is 1. The molecule has 33 heavy (non-hydrogen) atoms. The number of benzene rings is 2. The average Bonchev–Trinajstić information content (AvgIpc) is 2.80. The van der Waals surface area contributed by atoms with Gasteiger partial charge >= 0.3 is 0 Å². The Labute approximate surface area is 190 Å². The van der Waals surface area contributed by atoms with Gasteiger partial charge in [-0.1, -0.05) is 30.3 Å². The van der Waals surface area contributed by atoms with E-state index >= 15 is 0 Å². The van der Waals surface area contributed by atoms with Crippen molar-refractivity contribution in [3.05, 3.63) is 112 Å². The second kappa shape index (κ2) is 11.1. The predicted molar refractivity (Wildman–Crippen MR) is 123 cm³/mol. The minimum Gasteiger partial charge on any atom is -0.803 e. The summed E-state index contributed by atoms with van der Waals surface area (Å²) in [6, 6.07) is 14.0. The number of hydrogen-bond acceptors (Lipinski definition) is 4. The van der Waals surface area contributed by atoms with E-state index in [1.54, 1.807) is 18.3 Å². The topological polar surface area (TPSA) is 111 Å². The molecule has 0 spiro atoms. The standard InChI is InChI=1S/C25H23F2N4O2/c26-17-9-7-16(8-10-17)22(28)15-23(29)24-20(5-3-6-21(24)27)25(33)31-19(11-13-32)14-18-4-1-2-12-30-18/h1-10,12,15,19,32H,11,13-14,28H2,(H,31,33)/q-1/b22-15-/t19-/m0/s1. The fourth-order valence-corrected chi connectivity index (χ4v) is 3.33. The zero-order valence-corrected chi connectivity index (χ0v) is 17.7. The summed E-state index contributed by atoms with van der Waals surface area (Å²) in [5, 5.41) is 22.8. The summed E-state index contributed by atoms with van der Waals surface area (Å²) in [5.41, 5.74) is 6.20. The molecule has 1 atom stereocenters. The maximum absolute atomic E-state index is 14.7. The molecule has 1 aromatic heterocycles. The first-order chi connectivity index (χ1) is 15.9. The van der Waals surface area contributed by atoms with Crippen molar-refractivity contribution >= 4 is 17.3 Å². The summed E-state index contributed by atoms with van der Waals surface area (Å²) in [5.74, 6) is -1.89. The van der Waals surface area contributed by atoms with Crippen LogP contribution in [0.3, 0.4) is 0 Å². The second-order valence-corrected chi connectivity index (χ2v) is 7.36. The van der Waals surface area contributed by atoms with Gasteiger partial charge < -0.3 is 21.6 Å². The van der Waals surface area contributed by atoms with Gasteiger partial charge in [-0.05, 0) is 48.4 Å². The Morgan fingerprint density at radius 2 is 1.88 bits per heavy atom. The van der Waals surface area contributed by atoms with Gasteiger partial charge in [0.25, 0.3) is 5.91 Å². The van der Waals surface area contributed by atoms with Gasteiger partial charge in [0.05, 0.1) is 0 Å². The number of allylic oxidation sites excluding steroid dienone is 1. The minimum atomic E-state index is -0.813. The lowest BCUT2D eigenvalue weighted by molar-refractivity contribution is 0.0929. The van der Waals surface area contributed by atoms with Gasteiger partial charge in [-0.25, -0.2) is 8.78 Å². The lowest BCUT2D eigenvalue weighted by Crippen LogP contribution is -2.38. The highest BCUT2D eigenvalue weighted by Gasteiger charge is 2.19. The molecule has 170 valence electrons. The SMILES string of the molecule is [N-]=C(/C=C(\N)c1ccc(F)cc1)c1c(F)cccc1C(=O)N[C@@H](CCO)Cc1ccccn1. The number of amides is 1. The molecule has 2 aromatic carbocycles. The molecule has 3 rings (SSSR count). The molecule has 0 saturated heterocycles. The molecule has 0 unspecified atom stereocenters. The fraction of sp³-hybridized carbons (Fsp3) is 0.160. The van der Waals surface area contributed by atoms with Crippen LogP contribution in [0, 0.1) is 11.6 Å². The molecule has 4 N–H and O–H groups in total. The Morgan fingerprint density at radius 1 is 1.12 bits per heavy atom. The van der Waals surface area contributed by atoms with Crippen LogP contribution in [-0.4, -0.2) is 34.4 Å². The normalized spacial score (nSPS) is 12.3. The van der Waals surface area contributed by atoms with E-state index in [0.717, 1.165) is 17.8 Å². The number of hydrogen-bond donors (Lipinski definition) is 3. The van der Waals surface area contributed by atoms with Crippen LogP contribution in [0.2, 0.25) is 0 Å². The van der Waals surface area contributed by atoms with E-state index in [1.807, 2.05) is 6.07 Å². The zero-order chi connectivity index (χ0) is 23.8. The van der Waals surface area contributed by atoms with E-state index in [9.17, 15) is 24.1 Å². The molecule has 0 fully saturated rings. The van der Waals surface area contributed by atoms with E-state index in [0.29, 0.717) is 12.0 Å². The molecule has 0 aliphatic carbocycles. The van der Waals surface area contributed by atoms with E-state index < -0.39 is 29.3 Å². The zero-order valence-electron chi connectivity index (χ0n) is 17.7. The predicted octanol–water partition coefficient (Wildman–Crippen LogP) is 3.44. The van der Waals surface area contributed by atoms with E-state index in [4.69, 9.17) is 5.73 Å². The third-order valence-corrected chi connectivity index (χ3v) is 4.98. The highest BCUT2D eigenvalue weighted by atomic mass is 19.1. The largest absolute Gasteiger partial charge is 0.803 e.